The Morgan fingerprint density at radius 1 is 1.46 bits per heavy atom. The summed E-state index contributed by atoms with van der Waals surface area (Å²) in [6.07, 6.45) is 8.59. The van der Waals surface area contributed by atoms with Gasteiger partial charge in [-0.25, -0.2) is 9.78 Å². The van der Waals surface area contributed by atoms with Crippen molar-refractivity contribution in [3.63, 3.8) is 0 Å². The van der Waals surface area contributed by atoms with E-state index < -0.39 is 29.2 Å². The first-order chi connectivity index (χ1) is 16.8. The van der Waals surface area contributed by atoms with Gasteiger partial charge in [-0.2, -0.15) is 4.57 Å². The highest BCUT2D eigenvalue weighted by atomic mass is 32.2. The number of fused-ring (bicyclic) bond motifs is 1. The number of thioether (sulfide) groups is 1. The number of thiazole rings is 1. The van der Waals surface area contributed by atoms with Crippen LogP contribution in [0.4, 0.5) is 10.8 Å². The third kappa shape index (κ3) is 4.91. The van der Waals surface area contributed by atoms with E-state index in [1.54, 1.807) is 29.1 Å². The number of oxime groups is 1. The molecule has 2 aliphatic heterocycles. The summed E-state index contributed by atoms with van der Waals surface area (Å²) < 4.78 is 1.75. The highest BCUT2D eigenvalue weighted by Gasteiger charge is 2.54. The van der Waals surface area contributed by atoms with Crippen molar-refractivity contribution in [2.24, 2.45) is 5.16 Å². The van der Waals surface area contributed by atoms with E-state index in [0.717, 1.165) is 11.3 Å². The highest BCUT2D eigenvalue weighted by Crippen LogP contribution is 2.40. The summed E-state index contributed by atoms with van der Waals surface area (Å²) in [5.41, 5.74) is 12.4. The summed E-state index contributed by atoms with van der Waals surface area (Å²) in [5.74, 6) is 0.0692. The predicted molar refractivity (Wildman–Crippen MR) is 129 cm³/mol. The van der Waals surface area contributed by atoms with Crippen LogP contribution in [0.1, 0.15) is 5.69 Å². The maximum Gasteiger partial charge on any atom is 0.352 e. The predicted octanol–water partition coefficient (Wildman–Crippen LogP) is -0.612. The molecule has 6 N–H and O–H groups in total. The van der Waals surface area contributed by atoms with Crippen molar-refractivity contribution in [3.8, 4) is 12.3 Å². The number of nitrogens with one attached hydrogen (secondary N) is 1. The van der Waals surface area contributed by atoms with Gasteiger partial charge in [-0.15, -0.1) is 29.5 Å². The number of carboxylic acid groups (broad SMARTS) is 1. The lowest BCUT2D eigenvalue weighted by molar-refractivity contribution is -0.688. The minimum atomic E-state index is -1.23. The molecule has 0 radical (unpaired) electrons. The molecule has 14 heteroatoms. The Morgan fingerprint density at radius 3 is 2.91 bits per heavy atom. The summed E-state index contributed by atoms with van der Waals surface area (Å²) in [7, 11) is 0. The van der Waals surface area contributed by atoms with Gasteiger partial charge in [0, 0.05) is 22.8 Å². The Kier molecular flexibility index (Phi) is 6.90. The second-order valence-electron chi connectivity index (χ2n) is 7.42. The maximum atomic E-state index is 13.0. The first-order valence-electron chi connectivity index (χ1n) is 10.1. The fourth-order valence-electron chi connectivity index (χ4n) is 3.61. The lowest BCUT2D eigenvalue weighted by Gasteiger charge is -2.49. The Hall–Kier alpha value is -4.09. The SMILES string of the molecule is C#CCON=C(C(=O)NC1C(=O)N2C(C(=O)O)=C(C[n+]3cccc(N)c3)CS[C@H]12)c1csc(N)n1. The molecule has 180 valence electrons. The summed E-state index contributed by atoms with van der Waals surface area (Å²) in [6.45, 7) is 0.0768. The van der Waals surface area contributed by atoms with E-state index in [0.29, 0.717) is 17.0 Å². The number of nitrogens with zero attached hydrogens (tertiary/aromatic N) is 4. The summed E-state index contributed by atoms with van der Waals surface area (Å²) >= 11 is 2.45. The van der Waals surface area contributed by atoms with Crippen LogP contribution < -0.4 is 21.4 Å². The molecule has 1 saturated heterocycles. The Labute approximate surface area is 207 Å². The summed E-state index contributed by atoms with van der Waals surface area (Å²) in [6, 6.07) is 2.51. The standard InChI is InChI=1S/C21H19N7O5S2/c1-2-6-33-26-14(13-10-35-21(23)24-13)17(29)25-15-18(30)28-16(20(31)32)11(9-34-19(15)28)7-27-5-3-4-12(22)8-27/h1,3-5,8,10,15,19H,6-7,9,22H2,(H3-,23,24,25,29,31,32)/p+1/t15?,19-/m1/s1. The molecule has 0 spiro atoms. The Bertz CT molecular complexity index is 1300. The topological polar surface area (TPSA) is 177 Å². The van der Waals surface area contributed by atoms with E-state index in [-0.39, 0.29) is 35.4 Å². The second kappa shape index (κ2) is 10.0. The third-order valence-electron chi connectivity index (χ3n) is 5.07. The number of nitrogens with two attached hydrogens (primary N) is 2. The lowest BCUT2D eigenvalue weighted by atomic mass is 10.0. The van der Waals surface area contributed by atoms with Crippen LogP contribution in [0, 0.1) is 12.3 Å². The number of β-lactam (4-membered cyclic amide) rings is 1. The second-order valence-corrected chi connectivity index (χ2v) is 9.41. The number of pyridine rings is 1. The van der Waals surface area contributed by atoms with Gasteiger partial charge in [0.2, 0.25) is 0 Å². The molecule has 0 aromatic carbocycles. The number of carboxylic acids is 1. The first kappa shape index (κ1) is 24.0. The first-order valence-corrected chi connectivity index (χ1v) is 12.0. The summed E-state index contributed by atoms with van der Waals surface area (Å²) in [5, 5.41) is 17.3. The number of anilines is 2. The molecule has 0 aliphatic carbocycles. The Morgan fingerprint density at radius 2 is 2.26 bits per heavy atom. The minimum Gasteiger partial charge on any atom is -0.477 e. The van der Waals surface area contributed by atoms with Crippen molar-refractivity contribution in [1.29, 1.82) is 0 Å². The number of aromatic nitrogens is 2. The van der Waals surface area contributed by atoms with Crippen molar-refractivity contribution in [1.82, 2.24) is 15.2 Å². The van der Waals surface area contributed by atoms with E-state index in [9.17, 15) is 19.5 Å². The summed E-state index contributed by atoms with van der Waals surface area (Å²) in [4.78, 5) is 48.2. The number of amides is 2. The zero-order chi connectivity index (χ0) is 25.1. The van der Waals surface area contributed by atoms with Crippen LogP contribution in [0.3, 0.4) is 0 Å². The molecule has 0 bridgehead atoms. The highest BCUT2D eigenvalue weighted by molar-refractivity contribution is 8.00. The molecule has 2 aromatic rings. The molecule has 35 heavy (non-hydrogen) atoms. The molecule has 4 rings (SSSR count). The number of rotatable bonds is 8. The van der Waals surface area contributed by atoms with Crippen LogP contribution in [0.5, 0.6) is 0 Å². The molecule has 2 amide bonds. The number of aliphatic carboxylic acids is 1. The number of nitrogen functional groups attached to an aromatic ring is 2. The van der Waals surface area contributed by atoms with Gasteiger partial charge in [-0.05, 0) is 6.07 Å². The smallest absolute Gasteiger partial charge is 0.352 e. The zero-order valence-corrected chi connectivity index (χ0v) is 19.7. The maximum absolute atomic E-state index is 13.0. The average molecular weight is 515 g/mol. The van der Waals surface area contributed by atoms with Crippen LogP contribution >= 0.6 is 23.1 Å². The molecule has 4 heterocycles. The molecule has 1 unspecified atom stereocenters. The molecular formula is C21H20N7O5S2+. The van der Waals surface area contributed by atoms with Crippen molar-refractivity contribution in [2.75, 3.05) is 23.8 Å². The normalized spacial score (nSPS) is 19.5. The van der Waals surface area contributed by atoms with E-state index in [4.69, 9.17) is 22.7 Å². The van der Waals surface area contributed by atoms with Gasteiger partial charge in [0.25, 0.3) is 11.8 Å². The van der Waals surface area contributed by atoms with Gasteiger partial charge in [-0.3, -0.25) is 14.5 Å². The molecule has 2 aromatic heterocycles. The van der Waals surface area contributed by atoms with Crippen molar-refractivity contribution in [3.05, 3.63) is 46.9 Å². The van der Waals surface area contributed by atoms with Gasteiger partial charge >= 0.3 is 5.97 Å². The molecule has 0 saturated carbocycles. The number of terminal acetylenes is 1. The Balaban J connectivity index is 1.53. The minimum absolute atomic E-state index is 0.0994. The van der Waals surface area contributed by atoms with Crippen molar-refractivity contribution < 1.29 is 28.9 Å². The number of carbonyl (C=O) groups is 3. The van der Waals surface area contributed by atoms with Gasteiger partial charge in [-0.1, -0.05) is 11.1 Å². The van der Waals surface area contributed by atoms with Crippen LogP contribution in [0.25, 0.3) is 0 Å². The number of hydrogen-bond acceptors (Lipinski definition) is 10. The molecule has 12 nitrogen and oxygen atoms in total. The van der Waals surface area contributed by atoms with Gasteiger partial charge in [0.15, 0.2) is 36.4 Å². The number of carbonyl (C=O) groups excluding carboxylic acids is 2. The quantitative estimate of drug-likeness (QED) is 0.0893. The lowest BCUT2D eigenvalue weighted by Crippen LogP contribution is -2.71. The fraction of sp³-hybridized carbons (Fsp3) is 0.238. The van der Waals surface area contributed by atoms with Crippen molar-refractivity contribution in [2.45, 2.75) is 18.0 Å². The third-order valence-corrected chi connectivity index (χ3v) is 7.09. The average Bonchev–Trinajstić information content (AvgIpc) is 3.25. The largest absolute Gasteiger partial charge is 0.477 e. The van der Waals surface area contributed by atoms with Crippen LogP contribution in [-0.2, 0) is 25.8 Å². The van der Waals surface area contributed by atoms with Gasteiger partial charge in [0.1, 0.15) is 22.8 Å². The molecule has 2 atom stereocenters. The van der Waals surface area contributed by atoms with E-state index in [1.807, 2.05) is 0 Å². The number of hydrogen-bond donors (Lipinski definition) is 4. The van der Waals surface area contributed by atoms with E-state index in [1.165, 1.54) is 22.0 Å². The van der Waals surface area contributed by atoms with Gasteiger partial charge in [0.05, 0.1) is 5.69 Å². The van der Waals surface area contributed by atoms with Crippen LogP contribution in [0.2, 0.25) is 0 Å². The zero-order valence-electron chi connectivity index (χ0n) is 18.1. The monoisotopic (exact) mass is 514 g/mol. The molecular weight excluding hydrogens is 494 g/mol. The van der Waals surface area contributed by atoms with E-state index >= 15 is 0 Å². The molecule has 1 fully saturated rings. The van der Waals surface area contributed by atoms with Gasteiger partial charge < -0.3 is 26.7 Å². The fourth-order valence-corrected chi connectivity index (χ4v) is 5.49. The molecule has 2 aliphatic rings. The van der Waals surface area contributed by atoms with E-state index in [2.05, 4.69) is 21.4 Å². The van der Waals surface area contributed by atoms with Crippen LogP contribution in [-0.4, -0.2) is 62.3 Å². The van der Waals surface area contributed by atoms with Crippen LogP contribution in [0.15, 0.2) is 46.3 Å². The van der Waals surface area contributed by atoms with Crippen molar-refractivity contribution >= 4 is 57.4 Å².